The summed E-state index contributed by atoms with van der Waals surface area (Å²) in [5, 5.41) is 4.26. The molecule has 3 aromatic rings. The molecule has 1 aliphatic heterocycles. The molecule has 4 rings (SSSR count). The Morgan fingerprint density at radius 3 is 2.62 bits per heavy atom. The molecule has 1 saturated heterocycles. The van der Waals surface area contributed by atoms with Crippen molar-refractivity contribution in [2.45, 2.75) is 58.7 Å². The topological polar surface area (TPSA) is 68.3 Å². The highest BCUT2D eigenvalue weighted by molar-refractivity contribution is 5.78. The zero-order chi connectivity index (χ0) is 23.2. The van der Waals surface area contributed by atoms with Gasteiger partial charge in [0.25, 0.3) is 0 Å². The number of aryl methyl sites for hydroxylation is 1. The number of hydrogen-bond donors (Lipinski definition) is 0. The Labute approximate surface area is 184 Å². The molecule has 0 bridgehead atoms. The van der Waals surface area contributed by atoms with Crippen LogP contribution in [0.5, 0.6) is 0 Å². The number of carbonyl (C=O) groups excluding carboxylic acids is 1. The lowest BCUT2D eigenvalue weighted by molar-refractivity contribution is -0.142. The van der Waals surface area contributed by atoms with Crippen molar-refractivity contribution in [2.24, 2.45) is 5.92 Å². The van der Waals surface area contributed by atoms with Crippen LogP contribution in [0.15, 0.2) is 24.5 Å². The minimum Gasteiger partial charge on any atom is -0.342 e. The van der Waals surface area contributed by atoms with Crippen LogP contribution in [0.25, 0.3) is 5.65 Å². The lowest BCUT2D eigenvalue weighted by atomic mass is 10.1. The number of rotatable bonds is 5. The van der Waals surface area contributed by atoms with E-state index in [4.69, 9.17) is 0 Å². The number of nitrogens with zero attached hydrogens (tertiary/aromatic N) is 6. The second-order valence-corrected chi connectivity index (χ2v) is 8.86. The molecule has 0 N–H and O–H groups in total. The molecule has 2 unspecified atom stereocenters. The summed E-state index contributed by atoms with van der Waals surface area (Å²) in [6.45, 7) is 8.92. The van der Waals surface area contributed by atoms with E-state index in [-0.39, 0.29) is 29.3 Å². The third kappa shape index (κ3) is 4.22. The molecule has 3 aromatic heterocycles. The monoisotopic (exact) mass is 448 g/mol. The molecule has 172 valence electrons. The Kier molecular flexibility index (Phi) is 5.72. The van der Waals surface area contributed by atoms with Gasteiger partial charge in [-0.2, -0.15) is 18.3 Å². The van der Waals surface area contributed by atoms with Crippen LogP contribution in [-0.4, -0.2) is 48.0 Å². The van der Waals surface area contributed by atoms with Gasteiger partial charge < -0.3 is 9.47 Å². The molecule has 10 heteroatoms. The maximum atomic E-state index is 13.6. The molecule has 0 spiro atoms. The van der Waals surface area contributed by atoms with E-state index < -0.39 is 11.9 Å². The zero-order valence-electron chi connectivity index (χ0n) is 18.6. The quantitative estimate of drug-likeness (QED) is 0.591. The summed E-state index contributed by atoms with van der Waals surface area (Å²) in [4.78, 5) is 23.3. The number of halogens is 3. The van der Waals surface area contributed by atoms with Crippen molar-refractivity contribution in [1.29, 1.82) is 0 Å². The first kappa shape index (κ1) is 22.3. The molecule has 1 fully saturated rings. The smallest absolute Gasteiger partial charge is 0.342 e. The van der Waals surface area contributed by atoms with Gasteiger partial charge in [-0.15, -0.1) is 0 Å². The van der Waals surface area contributed by atoms with E-state index in [2.05, 4.69) is 15.1 Å². The van der Waals surface area contributed by atoms with E-state index in [1.54, 1.807) is 17.2 Å². The van der Waals surface area contributed by atoms with Crippen LogP contribution in [-0.2, 0) is 17.5 Å². The number of imidazole rings is 1. The highest BCUT2D eigenvalue weighted by atomic mass is 19.4. The molecule has 0 aliphatic carbocycles. The van der Waals surface area contributed by atoms with Gasteiger partial charge in [0.2, 0.25) is 5.91 Å². The largest absolute Gasteiger partial charge is 0.433 e. The Morgan fingerprint density at radius 2 is 2.00 bits per heavy atom. The van der Waals surface area contributed by atoms with Crippen LogP contribution in [0.4, 0.5) is 13.2 Å². The molecule has 0 saturated carbocycles. The Morgan fingerprint density at radius 1 is 1.25 bits per heavy atom. The van der Waals surface area contributed by atoms with Crippen LogP contribution in [0.2, 0.25) is 0 Å². The highest BCUT2D eigenvalue weighted by Gasteiger charge is 2.37. The molecule has 4 heterocycles. The van der Waals surface area contributed by atoms with Gasteiger partial charge in [-0.05, 0) is 25.3 Å². The van der Waals surface area contributed by atoms with Crippen LogP contribution >= 0.6 is 0 Å². The predicted molar refractivity (Wildman–Crippen MR) is 112 cm³/mol. The average Bonchev–Trinajstić information content (AvgIpc) is 3.45. The van der Waals surface area contributed by atoms with Gasteiger partial charge in [0.1, 0.15) is 11.5 Å². The minimum atomic E-state index is -4.54. The Bertz CT molecular complexity index is 1130. The van der Waals surface area contributed by atoms with Gasteiger partial charge in [0, 0.05) is 49.7 Å². The number of fused-ring (bicyclic) bond motifs is 1. The molecule has 1 aliphatic rings. The predicted octanol–water partition coefficient (Wildman–Crippen LogP) is 4.03. The first-order valence-corrected chi connectivity index (χ1v) is 10.8. The summed E-state index contributed by atoms with van der Waals surface area (Å²) in [6, 6.07) is 2.69. The van der Waals surface area contributed by atoms with Gasteiger partial charge in [0.15, 0.2) is 5.65 Å². The lowest BCUT2D eigenvalue weighted by Gasteiger charge is -2.21. The Balaban J connectivity index is 1.54. The Hall–Kier alpha value is -2.91. The fourth-order valence-electron chi connectivity index (χ4n) is 4.19. The van der Waals surface area contributed by atoms with Crippen molar-refractivity contribution in [3.63, 3.8) is 0 Å². The van der Waals surface area contributed by atoms with Gasteiger partial charge in [-0.25, -0.2) is 14.5 Å². The van der Waals surface area contributed by atoms with Crippen LogP contribution < -0.4 is 0 Å². The van der Waals surface area contributed by atoms with E-state index in [9.17, 15) is 18.0 Å². The standard InChI is InChI=1S/C22H27F3N6O/c1-13(2)17-9-19(22(23,24)25)31-20(27-17)10-18(28-31)16-5-7-30(12-16)21(32)14(3)11-29-8-6-26-15(29)4/h6,8-10,13-14,16H,5,7,11-12H2,1-4H3. The normalized spacial score (nSPS) is 18.1. The number of aromatic nitrogens is 5. The van der Waals surface area contributed by atoms with Crippen molar-refractivity contribution < 1.29 is 18.0 Å². The number of hydrogen-bond acceptors (Lipinski definition) is 4. The van der Waals surface area contributed by atoms with Gasteiger partial charge in [0.05, 0.1) is 11.6 Å². The average molecular weight is 448 g/mol. The van der Waals surface area contributed by atoms with Gasteiger partial charge in [-0.3, -0.25) is 4.79 Å². The fraction of sp³-hybridized carbons (Fsp3) is 0.545. The van der Waals surface area contributed by atoms with Gasteiger partial charge >= 0.3 is 6.18 Å². The summed E-state index contributed by atoms with van der Waals surface area (Å²) in [5.41, 5.74) is 0.278. The molecule has 32 heavy (non-hydrogen) atoms. The second kappa shape index (κ2) is 8.22. The fourth-order valence-corrected chi connectivity index (χ4v) is 4.19. The number of likely N-dealkylation sites (tertiary alicyclic amines) is 1. The minimum absolute atomic E-state index is 0.0283. The zero-order valence-corrected chi connectivity index (χ0v) is 18.6. The summed E-state index contributed by atoms with van der Waals surface area (Å²) >= 11 is 0. The van der Waals surface area contributed by atoms with E-state index in [0.717, 1.165) is 16.4 Å². The summed E-state index contributed by atoms with van der Waals surface area (Å²) in [5.74, 6) is 0.392. The van der Waals surface area contributed by atoms with E-state index >= 15 is 0 Å². The molecule has 0 aromatic carbocycles. The molecule has 0 radical (unpaired) electrons. The van der Waals surface area contributed by atoms with Gasteiger partial charge in [-0.1, -0.05) is 20.8 Å². The highest BCUT2D eigenvalue weighted by Crippen LogP contribution is 2.33. The van der Waals surface area contributed by atoms with E-state index in [1.165, 1.54) is 0 Å². The molecule has 1 amide bonds. The van der Waals surface area contributed by atoms with Crippen molar-refractivity contribution in [3.05, 3.63) is 47.4 Å². The first-order valence-electron chi connectivity index (χ1n) is 10.8. The van der Waals surface area contributed by atoms with E-state index in [0.29, 0.717) is 37.4 Å². The molecular formula is C22H27F3N6O. The van der Waals surface area contributed by atoms with Crippen molar-refractivity contribution >= 4 is 11.6 Å². The third-order valence-corrected chi connectivity index (χ3v) is 6.08. The lowest BCUT2D eigenvalue weighted by Crippen LogP contribution is -2.35. The van der Waals surface area contributed by atoms with Crippen molar-refractivity contribution in [2.75, 3.05) is 13.1 Å². The van der Waals surface area contributed by atoms with Crippen LogP contribution in [0, 0.1) is 12.8 Å². The van der Waals surface area contributed by atoms with Crippen molar-refractivity contribution in [1.82, 2.24) is 29.0 Å². The number of carbonyl (C=O) groups is 1. The van der Waals surface area contributed by atoms with Crippen LogP contribution in [0.3, 0.4) is 0 Å². The molecule has 2 atom stereocenters. The summed E-state index contributed by atoms with van der Waals surface area (Å²) in [7, 11) is 0. The number of alkyl halides is 3. The summed E-state index contributed by atoms with van der Waals surface area (Å²) < 4.78 is 43.7. The molecular weight excluding hydrogens is 421 g/mol. The first-order chi connectivity index (χ1) is 15.0. The van der Waals surface area contributed by atoms with Crippen LogP contribution in [0.1, 0.15) is 61.9 Å². The second-order valence-electron chi connectivity index (χ2n) is 8.86. The maximum absolute atomic E-state index is 13.6. The number of amides is 1. The molecule has 7 nitrogen and oxygen atoms in total. The van der Waals surface area contributed by atoms with Crippen molar-refractivity contribution in [3.8, 4) is 0 Å². The third-order valence-electron chi connectivity index (χ3n) is 6.08. The summed E-state index contributed by atoms with van der Waals surface area (Å²) in [6.07, 6.45) is -0.327. The van der Waals surface area contributed by atoms with E-state index in [1.807, 2.05) is 38.5 Å². The maximum Gasteiger partial charge on any atom is 0.433 e. The SMILES string of the molecule is Cc1nccn1CC(C)C(=O)N1CCC(c2cc3nc(C(C)C)cc(C(F)(F)F)n3n2)C1.